The van der Waals surface area contributed by atoms with Crippen LogP contribution in [0, 0.1) is 0 Å². The molecule has 1 heterocycles. The summed E-state index contributed by atoms with van der Waals surface area (Å²) in [5.41, 5.74) is 2.76. The Morgan fingerprint density at radius 1 is 0.893 bits per heavy atom. The number of carbonyl (C=O) groups is 1. The molecule has 3 rings (SSSR count). The number of hydrogen-bond donors (Lipinski definition) is 0. The van der Waals surface area contributed by atoms with Crippen molar-refractivity contribution in [2.45, 2.75) is 27.3 Å². The van der Waals surface area contributed by atoms with Crippen molar-refractivity contribution in [3.8, 4) is 22.4 Å². The summed E-state index contributed by atoms with van der Waals surface area (Å²) in [4.78, 5) is 28.2. The Kier molecular flexibility index (Phi) is 6.04. The van der Waals surface area contributed by atoms with Gasteiger partial charge in [0.25, 0.3) is 11.5 Å². The molecule has 0 atom stereocenters. The van der Waals surface area contributed by atoms with Gasteiger partial charge in [-0.1, -0.05) is 60.7 Å². The van der Waals surface area contributed by atoms with E-state index in [0.29, 0.717) is 30.9 Å². The van der Waals surface area contributed by atoms with Crippen molar-refractivity contribution in [3.63, 3.8) is 0 Å². The SMILES string of the molecule is CCN(CC)C(=O)c1c(-c2ccccc2)c(-c2ccccc2)nn(CC)c1=O. The van der Waals surface area contributed by atoms with Crippen molar-refractivity contribution in [1.29, 1.82) is 0 Å². The topological polar surface area (TPSA) is 55.2 Å². The molecule has 0 spiro atoms. The van der Waals surface area contributed by atoms with Gasteiger partial charge in [0.2, 0.25) is 0 Å². The van der Waals surface area contributed by atoms with Gasteiger partial charge in [0.05, 0.1) is 5.69 Å². The smallest absolute Gasteiger partial charge is 0.280 e. The molecule has 0 fully saturated rings. The lowest BCUT2D eigenvalue weighted by Gasteiger charge is -2.22. The molecule has 0 aliphatic carbocycles. The maximum absolute atomic E-state index is 13.4. The Bertz CT molecular complexity index is 1010. The Hall–Kier alpha value is -3.21. The lowest BCUT2D eigenvalue weighted by molar-refractivity contribution is 0.0771. The Morgan fingerprint density at radius 2 is 1.43 bits per heavy atom. The van der Waals surface area contributed by atoms with Crippen LogP contribution < -0.4 is 5.56 Å². The second-order valence-corrected chi connectivity index (χ2v) is 6.43. The standard InChI is InChI=1S/C23H25N3O2/c1-4-25(5-2)22(27)20-19(17-13-9-7-10-14-17)21(18-15-11-8-12-16-18)24-26(6-3)23(20)28/h7-16H,4-6H2,1-3H3. The minimum atomic E-state index is -0.349. The summed E-state index contributed by atoms with van der Waals surface area (Å²) in [5, 5.41) is 4.62. The molecule has 2 aromatic carbocycles. The van der Waals surface area contributed by atoms with Crippen LogP contribution in [0.1, 0.15) is 31.1 Å². The first kappa shape index (κ1) is 19.5. The summed E-state index contributed by atoms with van der Waals surface area (Å²) in [6.45, 7) is 7.17. The van der Waals surface area contributed by atoms with E-state index in [2.05, 4.69) is 5.10 Å². The molecule has 0 aliphatic rings. The molecule has 0 aliphatic heterocycles. The lowest BCUT2D eigenvalue weighted by Crippen LogP contribution is -2.38. The van der Waals surface area contributed by atoms with Crippen molar-refractivity contribution in [3.05, 3.63) is 76.6 Å². The molecule has 0 saturated heterocycles. The van der Waals surface area contributed by atoms with Crippen LogP contribution in [-0.4, -0.2) is 33.7 Å². The van der Waals surface area contributed by atoms with Gasteiger partial charge in [-0.05, 0) is 26.3 Å². The lowest BCUT2D eigenvalue weighted by atomic mass is 9.95. The van der Waals surface area contributed by atoms with Crippen molar-refractivity contribution >= 4 is 5.91 Å². The minimum Gasteiger partial charge on any atom is -0.339 e. The number of amides is 1. The molecule has 0 bridgehead atoms. The van der Waals surface area contributed by atoms with Crippen LogP contribution in [0.25, 0.3) is 22.4 Å². The van der Waals surface area contributed by atoms with E-state index >= 15 is 0 Å². The van der Waals surface area contributed by atoms with Gasteiger partial charge in [0.1, 0.15) is 5.56 Å². The van der Waals surface area contributed by atoms with Crippen molar-refractivity contribution in [2.75, 3.05) is 13.1 Å². The largest absolute Gasteiger partial charge is 0.339 e. The second kappa shape index (κ2) is 8.65. The molecule has 5 nitrogen and oxygen atoms in total. The van der Waals surface area contributed by atoms with Crippen LogP contribution in [0.15, 0.2) is 65.5 Å². The molecule has 0 unspecified atom stereocenters. The highest BCUT2D eigenvalue weighted by molar-refractivity contribution is 6.03. The van der Waals surface area contributed by atoms with Crippen LogP contribution in [0.4, 0.5) is 0 Å². The van der Waals surface area contributed by atoms with E-state index in [1.54, 1.807) is 4.90 Å². The normalized spacial score (nSPS) is 10.7. The zero-order valence-electron chi connectivity index (χ0n) is 16.6. The van der Waals surface area contributed by atoms with E-state index in [0.717, 1.165) is 11.1 Å². The van der Waals surface area contributed by atoms with Crippen LogP contribution >= 0.6 is 0 Å². The molecular formula is C23H25N3O2. The third-order valence-corrected chi connectivity index (χ3v) is 4.83. The molecule has 5 heteroatoms. The predicted molar refractivity (Wildman–Crippen MR) is 112 cm³/mol. The average molecular weight is 375 g/mol. The number of hydrogen-bond acceptors (Lipinski definition) is 3. The van der Waals surface area contributed by atoms with E-state index < -0.39 is 0 Å². The molecular weight excluding hydrogens is 350 g/mol. The highest BCUT2D eigenvalue weighted by atomic mass is 16.2. The minimum absolute atomic E-state index is 0.186. The number of nitrogens with zero attached hydrogens (tertiary/aromatic N) is 3. The molecule has 3 aromatic rings. The highest BCUT2D eigenvalue weighted by Crippen LogP contribution is 2.32. The molecule has 0 radical (unpaired) electrons. The van der Waals surface area contributed by atoms with Crippen molar-refractivity contribution in [2.24, 2.45) is 0 Å². The van der Waals surface area contributed by atoms with E-state index in [9.17, 15) is 9.59 Å². The summed E-state index contributed by atoms with van der Waals surface area (Å²) in [5.74, 6) is -0.254. The van der Waals surface area contributed by atoms with E-state index in [4.69, 9.17) is 0 Å². The first-order valence-corrected chi connectivity index (χ1v) is 9.67. The zero-order valence-corrected chi connectivity index (χ0v) is 16.6. The maximum atomic E-state index is 13.4. The van der Waals surface area contributed by atoms with Crippen molar-refractivity contribution < 1.29 is 4.79 Å². The van der Waals surface area contributed by atoms with E-state index in [1.807, 2.05) is 81.4 Å². The number of aromatic nitrogens is 2. The maximum Gasteiger partial charge on any atom is 0.280 e. The van der Waals surface area contributed by atoms with Gasteiger partial charge < -0.3 is 4.90 Å². The fraction of sp³-hybridized carbons (Fsp3) is 0.261. The van der Waals surface area contributed by atoms with Gasteiger partial charge in [-0.25, -0.2) is 4.68 Å². The number of carbonyl (C=O) groups excluding carboxylic acids is 1. The summed E-state index contributed by atoms with van der Waals surface area (Å²) in [6, 6.07) is 19.2. The Balaban J connectivity index is 2.42. The van der Waals surface area contributed by atoms with Crippen molar-refractivity contribution in [1.82, 2.24) is 14.7 Å². The molecule has 0 N–H and O–H groups in total. The molecule has 1 amide bonds. The van der Waals surface area contributed by atoms with E-state index in [1.165, 1.54) is 4.68 Å². The first-order valence-electron chi connectivity index (χ1n) is 9.67. The van der Waals surface area contributed by atoms with E-state index in [-0.39, 0.29) is 17.0 Å². The van der Waals surface area contributed by atoms with Gasteiger partial charge in [-0.3, -0.25) is 9.59 Å². The fourth-order valence-corrected chi connectivity index (χ4v) is 3.34. The van der Waals surface area contributed by atoms with Gasteiger partial charge >= 0.3 is 0 Å². The molecule has 1 aromatic heterocycles. The molecule has 144 valence electrons. The number of aryl methyl sites for hydroxylation is 1. The van der Waals surface area contributed by atoms with Crippen LogP contribution in [0.2, 0.25) is 0 Å². The molecule has 0 saturated carbocycles. The predicted octanol–water partition coefficient (Wildman–Crippen LogP) is 4.08. The highest BCUT2D eigenvalue weighted by Gasteiger charge is 2.27. The molecule has 28 heavy (non-hydrogen) atoms. The number of benzene rings is 2. The second-order valence-electron chi connectivity index (χ2n) is 6.43. The zero-order chi connectivity index (χ0) is 20.1. The van der Waals surface area contributed by atoms with Gasteiger partial charge in [0, 0.05) is 30.8 Å². The van der Waals surface area contributed by atoms with Crippen LogP contribution in [-0.2, 0) is 6.54 Å². The quantitative estimate of drug-likeness (QED) is 0.652. The Labute approximate surface area is 165 Å². The first-order chi connectivity index (χ1) is 13.6. The summed E-state index contributed by atoms with van der Waals surface area (Å²) in [6.07, 6.45) is 0. The Morgan fingerprint density at radius 3 is 1.93 bits per heavy atom. The van der Waals surface area contributed by atoms with Crippen LogP contribution in [0.5, 0.6) is 0 Å². The summed E-state index contributed by atoms with van der Waals surface area (Å²) < 4.78 is 1.38. The van der Waals surface area contributed by atoms with Gasteiger partial charge in [-0.15, -0.1) is 0 Å². The monoisotopic (exact) mass is 375 g/mol. The summed E-state index contributed by atoms with van der Waals surface area (Å²) in [7, 11) is 0. The van der Waals surface area contributed by atoms with Crippen LogP contribution in [0.3, 0.4) is 0 Å². The fourth-order valence-electron chi connectivity index (χ4n) is 3.34. The van der Waals surface area contributed by atoms with Gasteiger partial charge in [0.15, 0.2) is 0 Å². The third-order valence-electron chi connectivity index (χ3n) is 4.83. The number of rotatable bonds is 6. The summed E-state index contributed by atoms with van der Waals surface area (Å²) >= 11 is 0. The third kappa shape index (κ3) is 3.60. The van der Waals surface area contributed by atoms with Gasteiger partial charge in [-0.2, -0.15) is 5.10 Å². The average Bonchev–Trinajstić information content (AvgIpc) is 2.75.